The van der Waals surface area contributed by atoms with Gasteiger partial charge in [0, 0.05) is 0 Å². The molecule has 2 heteroatoms. The van der Waals surface area contributed by atoms with E-state index in [9.17, 15) is 9.90 Å². The van der Waals surface area contributed by atoms with Gasteiger partial charge in [-0.1, -0.05) is 18.7 Å². The van der Waals surface area contributed by atoms with Crippen LogP contribution < -0.4 is 0 Å². The number of phenolic OH excluding ortho intramolecular Hbond substituents is 1. The minimum absolute atomic E-state index is 0.0468. The topological polar surface area (TPSA) is 37.3 Å². The van der Waals surface area contributed by atoms with Crippen molar-refractivity contribution >= 4 is 5.78 Å². The summed E-state index contributed by atoms with van der Waals surface area (Å²) >= 11 is 0. The lowest BCUT2D eigenvalue weighted by Gasteiger charge is -2.04. The van der Waals surface area contributed by atoms with Crippen LogP contribution in [0.1, 0.15) is 24.5 Å². The number of aromatic hydroxyl groups is 1. The molecule has 0 aliphatic heterocycles. The molecule has 0 fully saturated rings. The number of hydrogen-bond donors (Lipinski definition) is 1. The van der Waals surface area contributed by atoms with Crippen LogP contribution in [-0.2, 0) is 11.2 Å². The lowest BCUT2D eigenvalue weighted by molar-refractivity contribution is -0.113. The molecule has 0 atom stereocenters. The lowest BCUT2D eigenvalue weighted by atomic mass is 10.0. The number of allylic oxidation sites excluding steroid dienone is 1. The molecule has 1 rings (SSSR count). The molecule has 0 aliphatic rings. The number of ketones is 1. The maximum Gasteiger partial charge on any atom is 0.155 e. The van der Waals surface area contributed by atoms with E-state index in [1.165, 1.54) is 6.92 Å². The summed E-state index contributed by atoms with van der Waals surface area (Å²) in [6, 6.07) is 5.49. The van der Waals surface area contributed by atoms with Crippen molar-refractivity contribution in [1.82, 2.24) is 0 Å². The van der Waals surface area contributed by atoms with E-state index in [4.69, 9.17) is 0 Å². The average molecular weight is 204 g/mol. The summed E-state index contributed by atoms with van der Waals surface area (Å²) in [7, 11) is 0. The molecule has 1 aromatic carbocycles. The van der Waals surface area contributed by atoms with Crippen molar-refractivity contribution in [3.8, 4) is 5.75 Å². The number of benzene rings is 1. The Kier molecular flexibility index (Phi) is 3.67. The predicted molar refractivity (Wildman–Crippen MR) is 61.0 cm³/mol. The molecular formula is C13H16O2. The maximum absolute atomic E-state index is 10.9. The Hall–Kier alpha value is -1.57. The smallest absolute Gasteiger partial charge is 0.155 e. The van der Waals surface area contributed by atoms with Gasteiger partial charge in [-0.3, -0.25) is 4.79 Å². The zero-order chi connectivity index (χ0) is 11.4. The van der Waals surface area contributed by atoms with Crippen molar-refractivity contribution < 1.29 is 9.90 Å². The quantitative estimate of drug-likeness (QED) is 0.766. The van der Waals surface area contributed by atoms with Crippen LogP contribution in [0.2, 0.25) is 0 Å². The van der Waals surface area contributed by atoms with Crippen molar-refractivity contribution in [2.24, 2.45) is 0 Å². The van der Waals surface area contributed by atoms with Gasteiger partial charge < -0.3 is 5.11 Å². The van der Waals surface area contributed by atoms with Gasteiger partial charge >= 0.3 is 0 Å². The van der Waals surface area contributed by atoms with Gasteiger partial charge in [0.25, 0.3) is 0 Å². The molecule has 0 aliphatic carbocycles. The highest BCUT2D eigenvalue weighted by molar-refractivity contribution is 5.92. The predicted octanol–water partition coefficient (Wildman–Crippen LogP) is 2.78. The SMILES string of the molecule is C=C(CCc1ccc(O)c(C)c1)C(C)=O. The number of carbonyl (C=O) groups is 1. The van der Waals surface area contributed by atoms with Gasteiger partial charge in [-0.05, 0) is 49.5 Å². The first-order chi connectivity index (χ1) is 7.00. The summed E-state index contributed by atoms with van der Waals surface area (Å²) in [5.74, 6) is 0.356. The van der Waals surface area contributed by atoms with Crippen LogP contribution >= 0.6 is 0 Å². The molecule has 0 amide bonds. The minimum Gasteiger partial charge on any atom is -0.508 e. The fourth-order valence-corrected chi connectivity index (χ4v) is 1.34. The molecule has 0 unspecified atom stereocenters. The summed E-state index contributed by atoms with van der Waals surface area (Å²) in [6.07, 6.45) is 1.47. The van der Waals surface area contributed by atoms with Crippen molar-refractivity contribution in [2.45, 2.75) is 26.7 Å². The largest absolute Gasteiger partial charge is 0.508 e. The van der Waals surface area contributed by atoms with Crippen LogP contribution in [0.5, 0.6) is 5.75 Å². The third-order valence-electron chi connectivity index (χ3n) is 2.47. The maximum atomic E-state index is 10.9. The van der Waals surface area contributed by atoms with E-state index in [1.54, 1.807) is 6.07 Å². The first kappa shape index (κ1) is 11.5. The molecule has 1 N–H and O–H groups in total. The third-order valence-corrected chi connectivity index (χ3v) is 2.47. The third kappa shape index (κ3) is 3.24. The zero-order valence-corrected chi connectivity index (χ0v) is 9.21. The Labute approximate surface area is 90.3 Å². The fourth-order valence-electron chi connectivity index (χ4n) is 1.34. The number of phenols is 1. The van der Waals surface area contributed by atoms with E-state index < -0.39 is 0 Å². The molecule has 80 valence electrons. The van der Waals surface area contributed by atoms with E-state index in [0.717, 1.165) is 17.5 Å². The average Bonchev–Trinajstić information content (AvgIpc) is 2.19. The van der Waals surface area contributed by atoms with E-state index in [1.807, 2.05) is 19.1 Å². The van der Waals surface area contributed by atoms with Crippen molar-refractivity contribution in [3.63, 3.8) is 0 Å². The number of Topliss-reactive ketones (excluding diaryl/α,β-unsaturated/α-hetero) is 1. The van der Waals surface area contributed by atoms with Crippen molar-refractivity contribution in [3.05, 3.63) is 41.5 Å². The highest BCUT2D eigenvalue weighted by atomic mass is 16.3. The lowest BCUT2D eigenvalue weighted by Crippen LogP contribution is -1.97. The van der Waals surface area contributed by atoms with Crippen molar-refractivity contribution in [2.75, 3.05) is 0 Å². The first-order valence-corrected chi connectivity index (χ1v) is 4.98. The standard InChI is InChI=1S/C13H16O2/c1-9(11(3)14)4-5-12-6-7-13(15)10(2)8-12/h6-8,15H,1,4-5H2,2-3H3. The molecule has 0 bridgehead atoms. The summed E-state index contributed by atoms with van der Waals surface area (Å²) in [5.41, 5.74) is 2.63. The molecule has 0 saturated heterocycles. The van der Waals surface area contributed by atoms with Gasteiger partial charge in [-0.15, -0.1) is 0 Å². The molecule has 0 saturated carbocycles. The van der Waals surface area contributed by atoms with E-state index in [-0.39, 0.29) is 5.78 Å². The van der Waals surface area contributed by atoms with Crippen LogP contribution in [0.4, 0.5) is 0 Å². The summed E-state index contributed by atoms with van der Waals surface area (Å²) in [4.78, 5) is 10.9. The number of hydrogen-bond acceptors (Lipinski definition) is 2. The van der Waals surface area contributed by atoms with Crippen LogP contribution in [0, 0.1) is 6.92 Å². The highest BCUT2D eigenvalue weighted by Crippen LogP contribution is 2.18. The van der Waals surface area contributed by atoms with E-state index >= 15 is 0 Å². The molecule has 0 spiro atoms. The van der Waals surface area contributed by atoms with E-state index in [2.05, 4.69) is 6.58 Å². The number of rotatable bonds is 4. The van der Waals surface area contributed by atoms with Gasteiger partial charge in [-0.25, -0.2) is 0 Å². The molecule has 1 aromatic rings. The number of carbonyl (C=O) groups excluding carboxylic acids is 1. The Bertz CT molecular complexity index is 392. The van der Waals surface area contributed by atoms with E-state index in [0.29, 0.717) is 17.7 Å². The molecule has 15 heavy (non-hydrogen) atoms. The van der Waals surface area contributed by atoms with Crippen LogP contribution in [0.15, 0.2) is 30.4 Å². The van der Waals surface area contributed by atoms with Crippen LogP contribution in [0.25, 0.3) is 0 Å². The fraction of sp³-hybridized carbons (Fsp3) is 0.308. The Balaban J connectivity index is 2.62. The Morgan fingerprint density at radius 2 is 2.13 bits per heavy atom. The molecular weight excluding hydrogens is 188 g/mol. The first-order valence-electron chi connectivity index (χ1n) is 4.98. The van der Waals surface area contributed by atoms with Crippen LogP contribution in [0.3, 0.4) is 0 Å². The molecule has 0 radical (unpaired) electrons. The van der Waals surface area contributed by atoms with Crippen molar-refractivity contribution in [1.29, 1.82) is 0 Å². The normalized spacial score (nSPS) is 10.0. The van der Waals surface area contributed by atoms with Gasteiger partial charge in [0.2, 0.25) is 0 Å². The second-order valence-corrected chi connectivity index (χ2v) is 3.78. The summed E-state index contributed by atoms with van der Waals surface area (Å²) in [6.45, 7) is 7.10. The number of aryl methyl sites for hydroxylation is 2. The molecule has 0 aromatic heterocycles. The van der Waals surface area contributed by atoms with Gasteiger partial charge in [0.15, 0.2) is 5.78 Å². The van der Waals surface area contributed by atoms with Crippen LogP contribution in [-0.4, -0.2) is 10.9 Å². The second-order valence-electron chi connectivity index (χ2n) is 3.78. The molecule has 0 heterocycles. The highest BCUT2D eigenvalue weighted by Gasteiger charge is 2.02. The Morgan fingerprint density at radius 3 is 2.67 bits per heavy atom. The molecule has 2 nitrogen and oxygen atoms in total. The Morgan fingerprint density at radius 1 is 1.47 bits per heavy atom. The minimum atomic E-state index is 0.0468. The summed E-state index contributed by atoms with van der Waals surface area (Å²) < 4.78 is 0. The monoisotopic (exact) mass is 204 g/mol. The summed E-state index contributed by atoms with van der Waals surface area (Å²) in [5, 5.41) is 9.34. The second kappa shape index (κ2) is 4.78. The van der Waals surface area contributed by atoms with Gasteiger partial charge in [0.05, 0.1) is 0 Å². The van der Waals surface area contributed by atoms with Gasteiger partial charge in [0.1, 0.15) is 5.75 Å². The zero-order valence-electron chi connectivity index (χ0n) is 9.21. The van der Waals surface area contributed by atoms with Gasteiger partial charge in [-0.2, -0.15) is 0 Å².